The lowest BCUT2D eigenvalue weighted by atomic mass is 10.0. The zero-order valence-electron chi connectivity index (χ0n) is 10.9. The van der Waals surface area contributed by atoms with Crippen molar-refractivity contribution in [3.8, 4) is 0 Å². The molecule has 2 aromatic rings. The van der Waals surface area contributed by atoms with E-state index in [1.807, 2.05) is 10.9 Å². The molecular formula is C14H18BrN3. The van der Waals surface area contributed by atoms with E-state index in [-0.39, 0.29) is 6.04 Å². The van der Waals surface area contributed by atoms with Crippen LogP contribution in [0.15, 0.2) is 34.9 Å². The summed E-state index contributed by atoms with van der Waals surface area (Å²) in [6.45, 7) is 6.28. The molecule has 0 fully saturated rings. The maximum absolute atomic E-state index is 6.36. The van der Waals surface area contributed by atoms with Crippen LogP contribution in [0.3, 0.4) is 0 Å². The van der Waals surface area contributed by atoms with Gasteiger partial charge in [-0.3, -0.25) is 4.68 Å². The Kier molecular flexibility index (Phi) is 3.88. The first-order valence-corrected chi connectivity index (χ1v) is 6.85. The Morgan fingerprint density at radius 3 is 2.39 bits per heavy atom. The zero-order chi connectivity index (χ0) is 13.3. The van der Waals surface area contributed by atoms with Crippen molar-refractivity contribution in [1.29, 1.82) is 0 Å². The van der Waals surface area contributed by atoms with Crippen molar-refractivity contribution in [2.75, 3.05) is 0 Å². The van der Waals surface area contributed by atoms with Gasteiger partial charge in [0.1, 0.15) is 0 Å². The minimum absolute atomic E-state index is 0.162. The number of benzene rings is 1. The first-order valence-electron chi connectivity index (χ1n) is 6.05. The molecule has 4 heteroatoms. The summed E-state index contributed by atoms with van der Waals surface area (Å²) in [4.78, 5) is 0. The fraction of sp³-hybridized carbons (Fsp3) is 0.357. The molecule has 0 aliphatic rings. The van der Waals surface area contributed by atoms with Gasteiger partial charge in [-0.1, -0.05) is 29.8 Å². The van der Waals surface area contributed by atoms with Crippen molar-refractivity contribution in [2.45, 2.75) is 32.9 Å². The number of aryl methyl sites for hydroxylation is 1. The molecule has 2 N–H and O–H groups in total. The van der Waals surface area contributed by atoms with E-state index in [1.54, 1.807) is 0 Å². The van der Waals surface area contributed by atoms with Gasteiger partial charge in [0.25, 0.3) is 0 Å². The summed E-state index contributed by atoms with van der Waals surface area (Å²) in [5.41, 5.74) is 9.72. The highest BCUT2D eigenvalue weighted by Gasteiger charge is 2.19. The van der Waals surface area contributed by atoms with Crippen LogP contribution < -0.4 is 5.73 Å². The Balaban J connectivity index is 2.42. The number of nitrogens with zero attached hydrogens (tertiary/aromatic N) is 2. The second kappa shape index (κ2) is 5.24. The lowest BCUT2D eigenvalue weighted by Gasteiger charge is -2.18. The predicted molar refractivity (Wildman–Crippen MR) is 77.5 cm³/mol. The molecule has 1 unspecified atom stereocenters. The summed E-state index contributed by atoms with van der Waals surface area (Å²) in [5, 5.41) is 4.37. The summed E-state index contributed by atoms with van der Waals surface area (Å²) >= 11 is 3.53. The number of aromatic nitrogens is 2. The fourth-order valence-corrected chi connectivity index (χ4v) is 2.50. The van der Waals surface area contributed by atoms with Crippen LogP contribution in [0.25, 0.3) is 0 Å². The molecule has 0 aliphatic carbocycles. The van der Waals surface area contributed by atoms with Crippen LogP contribution in [0.2, 0.25) is 0 Å². The van der Waals surface area contributed by atoms with Crippen LogP contribution in [0.4, 0.5) is 0 Å². The predicted octanol–water partition coefficient (Wildman–Crippen LogP) is 3.58. The minimum atomic E-state index is -0.162. The number of nitrogens with two attached hydrogens (primary N) is 1. The van der Waals surface area contributed by atoms with E-state index in [2.05, 4.69) is 66.1 Å². The van der Waals surface area contributed by atoms with Gasteiger partial charge in [0.2, 0.25) is 0 Å². The molecule has 0 radical (unpaired) electrons. The van der Waals surface area contributed by atoms with Gasteiger partial charge in [-0.15, -0.1) is 0 Å². The SMILES string of the molecule is Cc1ccc(C(N)c2c(Br)cnn2C(C)C)cc1. The first kappa shape index (κ1) is 13.3. The smallest absolute Gasteiger partial charge is 0.0741 e. The Labute approximate surface area is 116 Å². The lowest BCUT2D eigenvalue weighted by Crippen LogP contribution is -2.19. The number of hydrogen-bond donors (Lipinski definition) is 1. The molecule has 0 amide bonds. The number of rotatable bonds is 3. The van der Waals surface area contributed by atoms with Crippen molar-refractivity contribution >= 4 is 15.9 Å². The van der Waals surface area contributed by atoms with Crippen molar-refractivity contribution in [1.82, 2.24) is 9.78 Å². The molecular weight excluding hydrogens is 290 g/mol. The van der Waals surface area contributed by atoms with E-state index < -0.39 is 0 Å². The van der Waals surface area contributed by atoms with Crippen LogP contribution in [0.5, 0.6) is 0 Å². The highest BCUT2D eigenvalue weighted by Crippen LogP contribution is 2.28. The Bertz CT molecular complexity index is 528. The van der Waals surface area contributed by atoms with E-state index >= 15 is 0 Å². The lowest BCUT2D eigenvalue weighted by molar-refractivity contribution is 0.498. The third-order valence-electron chi connectivity index (χ3n) is 3.01. The minimum Gasteiger partial charge on any atom is -0.319 e. The Hall–Kier alpha value is -1.13. The van der Waals surface area contributed by atoms with Crippen molar-refractivity contribution in [2.24, 2.45) is 5.73 Å². The topological polar surface area (TPSA) is 43.8 Å². The quantitative estimate of drug-likeness (QED) is 0.942. The average molecular weight is 308 g/mol. The van der Waals surface area contributed by atoms with Crippen molar-refractivity contribution < 1.29 is 0 Å². The summed E-state index contributed by atoms with van der Waals surface area (Å²) in [7, 11) is 0. The van der Waals surface area contributed by atoms with Gasteiger partial charge >= 0.3 is 0 Å². The second-order valence-electron chi connectivity index (χ2n) is 4.80. The summed E-state index contributed by atoms with van der Waals surface area (Å²) in [5.74, 6) is 0. The standard InChI is InChI=1S/C14H18BrN3/c1-9(2)18-14(12(15)8-17-18)13(16)11-6-4-10(3)5-7-11/h4-9,13H,16H2,1-3H3. The molecule has 1 aromatic heterocycles. The molecule has 1 heterocycles. The van der Waals surface area contributed by atoms with Crippen molar-refractivity contribution in [3.05, 3.63) is 51.8 Å². The fourth-order valence-electron chi connectivity index (χ4n) is 1.98. The molecule has 0 bridgehead atoms. The van der Waals surface area contributed by atoms with E-state index in [0.717, 1.165) is 15.7 Å². The first-order chi connectivity index (χ1) is 8.50. The van der Waals surface area contributed by atoms with Gasteiger partial charge < -0.3 is 5.73 Å². The Morgan fingerprint density at radius 2 is 1.83 bits per heavy atom. The van der Waals surface area contributed by atoms with Crippen LogP contribution in [-0.4, -0.2) is 9.78 Å². The van der Waals surface area contributed by atoms with Crippen LogP contribution in [0, 0.1) is 6.92 Å². The van der Waals surface area contributed by atoms with Gasteiger partial charge in [0.05, 0.1) is 22.4 Å². The van der Waals surface area contributed by atoms with Gasteiger partial charge in [-0.05, 0) is 42.3 Å². The molecule has 0 saturated heterocycles. The summed E-state index contributed by atoms with van der Waals surface area (Å²) < 4.78 is 2.93. The summed E-state index contributed by atoms with van der Waals surface area (Å²) in [6, 6.07) is 8.44. The van der Waals surface area contributed by atoms with E-state index in [0.29, 0.717) is 6.04 Å². The van der Waals surface area contributed by atoms with Crippen LogP contribution >= 0.6 is 15.9 Å². The molecule has 0 aliphatic heterocycles. The van der Waals surface area contributed by atoms with Crippen LogP contribution in [0.1, 0.15) is 42.8 Å². The molecule has 0 spiro atoms. The van der Waals surface area contributed by atoms with Crippen molar-refractivity contribution in [3.63, 3.8) is 0 Å². The largest absolute Gasteiger partial charge is 0.319 e. The second-order valence-corrected chi connectivity index (χ2v) is 5.66. The molecule has 96 valence electrons. The molecule has 3 nitrogen and oxygen atoms in total. The van der Waals surface area contributed by atoms with E-state index in [1.165, 1.54) is 5.56 Å². The van der Waals surface area contributed by atoms with Gasteiger partial charge in [-0.25, -0.2) is 0 Å². The maximum Gasteiger partial charge on any atom is 0.0741 e. The zero-order valence-corrected chi connectivity index (χ0v) is 12.5. The molecule has 18 heavy (non-hydrogen) atoms. The van der Waals surface area contributed by atoms with Crippen LogP contribution in [-0.2, 0) is 0 Å². The third-order valence-corrected chi connectivity index (χ3v) is 3.62. The maximum atomic E-state index is 6.36. The number of halogens is 1. The van der Waals surface area contributed by atoms with E-state index in [4.69, 9.17) is 5.73 Å². The Morgan fingerprint density at radius 1 is 1.22 bits per heavy atom. The summed E-state index contributed by atoms with van der Waals surface area (Å²) in [6.07, 6.45) is 1.81. The monoisotopic (exact) mass is 307 g/mol. The van der Waals surface area contributed by atoms with E-state index in [9.17, 15) is 0 Å². The van der Waals surface area contributed by atoms with Gasteiger partial charge in [0, 0.05) is 6.04 Å². The third kappa shape index (κ3) is 2.49. The normalized spacial score (nSPS) is 13.0. The highest BCUT2D eigenvalue weighted by molar-refractivity contribution is 9.10. The average Bonchev–Trinajstić information content (AvgIpc) is 2.71. The molecule has 1 aromatic carbocycles. The molecule has 2 rings (SSSR count). The van der Waals surface area contributed by atoms with Gasteiger partial charge in [-0.2, -0.15) is 5.10 Å². The highest BCUT2D eigenvalue weighted by atomic mass is 79.9. The number of hydrogen-bond acceptors (Lipinski definition) is 2. The molecule has 1 atom stereocenters. The van der Waals surface area contributed by atoms with Gasteiger partial charge in [0.15, 0.2) is 0 Å². The molecule has 0 saturated carbocycles.